The third-order valence-corrected chi connectivity index (χ3v) is 4.69. The molecule has 116 valence electrons. The van der Waals surface area contributed by atoms with Crippen molar-refractivity contribution in [3.63, 3.8) is 0 Å². The van der Waals surface area contributed by atoms with Crippen LogP contribution in [0.2, 0.25) is 0 Å². The molecule has 1 fully saturated rings. The molecule has 4 N–H and O–H groups in total. The molecule has 1 aromatic rings. The van der Waals surface area contributed by atoms with Crippen molar-refractivity contribution in [2.75, 3.05) is 18.0 Å². The fourth-order valence-electron chi connectivity index (χ4n) is 2.54. The number of primary sulfonamides is 1. The zero-order chi connectivity index (χ0) is 15.8. The van der Waals surface area contributed by atoms with Crippen LogP contribution in [-0.4, -0.2) is 43.8 Å². The first-order chi connectivity index (χ1) is 9.70. The van der Waals surface area contributed by atoms with Gasteiger partial charge in [0.25, 0.3) is 0 Å². The molecule has 8 heteroatoms. The Morgan fingerprint density at radius 1 is 1.48 bits per heavy atom. The number of hydrogen-bond donors (Lipinski definition) is 3. The maximum atomic E-state index is 11.4. The summed E-state index contributed by atoms with van der Waals surface area (Å²) in [6.45, 7) is 2.85. The predicted molar refractivity (Wildman–Crippen MR) is 76.8 cm³/mol. The lowest BCUT2D eigenvalue weighted by Crippen LogP contribution is -2.25. The van der Waals surface area contributed by atoms with Crippen LogP contribution in [0.4, 0.5) is 5.69 Å². The topological polar surface area (TPSA) is 121 Å². The van der Waals surface area contributed by atoms with Crippen LogP contribution in [0.15, 0.2) is 23.1 Å². The first kappa shape index (κ1) is 15.7. The van der Waals surface area contributed by atoms with Crippen LogP contribution in [0, 0.1) is 5.92 Å². The van der Waals surface area contributed by atoms with Crippen molar-refractivity contribution in [2.45, 2.75) is 24.3 Å². The third-order valence-electron chi connectivity index (χ3n) is 3.77. The highest BCUT2D eigenvalue weighted by Crippen LogP contribution is 2.30. The number of aromatic carboxylic acids is 1. The lowest BCUT2D eigenvalue weighted by atomic mass is 10.0. The summed E-state index contributed by atoms with van der Waals surface area (Å²) in [6, 6.07) is 3.82. The largest absolute Gasteiger partial charge is 0.478 e. The normalized spacial score (nSPS) is 20.5. The molecule has 2 unspecified atom stereocenters. The number of carboxylic acid groups (broad SMARTS) is 1. The summed E-state index contributed by atoms with van der Waals surface area (Å²) in [5.74, 6) is -1.14. The molecule has 0 spiro atoms. The fourth-order valence-corrected chi connectivity index (χ4v) is 3.08. The van der Waals surface area contributed by atoms with E-state index in [0.29, 0.717) is 18.8 Å². The number of aliphatic hydroxyl groups is 1. The zero-order valence-electron chi connectivity index (χ0n) is 11.6. The van der Waals surface area contributed by atoms with E-state index >= 15 is 0 Å². The molecular formula is C13H18N2O5S. The molecule has 1 saturated heterocycles. The Balaban J connectivity index is 2.39. The van der Waals surface area contributed by atoms with Crippen LogP contribution in [0.5, 0.6) is 0 Å². The fraction of sp³-hybridized carbons (Fsp3) is 0.462. The van der Waals surface area contributed by atoms with Crippen LogP contribution in [-0.2, 0) is 10.0 Å². The average molecular weight is 314 g/mol. The van der Waals surface area contributed by atoms with Crippen LogP contribution in [0.1, 0.15) is 23.7 Å². The van der Waals surface area contributed by atoms with Crippen molar-refractivity contribution < 1.29 is 23.4 Å². The van der Waals surface area contributed by atoms with Crippen molar-refractivity contribution in [3.8, 4) is 0 Å². The lowest BCUT2D eigenvalue weighted by molar-refractivity contribution is 0.0697. The molecule has 2 atom stereocenters. The Hall–Kier alpha value is -1.64. The first-order valence-corrected chi connectivity index (χ1v) is 8.08. The maximum absolute atomic E-state index is 11.4. The Bertz CT molecular complexity index is 657. The van der Waals surface area contributed by atoms with Gasteiger partial charge in [0.2, 0.25) is 10.0 Å². The molecule has 2 rings (SSSR count). The van der Waals surface area contributed by atoms with Gasteiger partial charge in [0.1, 0.15) is 0 Å². The van der Waals surface area contributed by atoms with E-state index in [1.54, 1.807) is 6.92 Å². The molecule has 1 aliphatic heterocycles. The number of carbonyl (C=O) groups is 1. The van der Waals surface area contributed by atoms with E-state index in [9.17, 15) is 23.4 Å². The second kappa shape index (κ2) is 5.63. The molecule has 0 aromatic heterocycles. The summed E-state index contributed by atoms with van der Waals surface area (Å²) in [7, 11) is -3.95. The van der Waals surface area contributed by atoms with E-state index in [1.807, 2.05) is 4.90 Å². The monoisotopic (exact) mass is 314 g/mol. The number of rotatable bonds is 4. The molecule has 1 heterocycles. The van der Waals surface area contributed by atoms with Crippen molar-refractivity contribution >= 4 is 21.7 Å². The molecule has 0 aliphatic carbocycles. The molecule has 21 heavy (non-hydrogen) atoms. The van der Waals surface area contributed by atoms with Gasteiger partial charge in [-0.05, 0) is 31.5 Å². The summed E-state index contributed by atoms with van der Waals surface area (Å²) in [5, 5.41) is 23.9. The Morgan fingerprint density at radius 3 is 2.62 bits per heavy atom. The molecule has 1 aromatic carbocycles. The van der Waals surface area contributed by atoms with Crippen molar-refractivity contribution in [2.24, 2.45) is 11.1 Å². The van der Waals surface area contributed by atoms with Gasteiger partial charge in [-0.3, -0.25) is 0 Å². The number of nitrogens with zero attached hydrogens (tertiary/aromatic N) is 1. The Morgan fingerprint density at radius 2 is 2.14 bits per heavy atom. The number of aliphatic hydroxyl groups excluding tert-OH is 1. The van der Waals surface area contributed by atoms with Gasteiger partial charge < -0.3 is 15.1 Å². The minimum Gasteiger partial charge on any atom is -0.478 e. The Kier molecular flexibility index (Phi) is 4.22. The van der Waals surface area contributed by atoms with E-state index < -0.39 is 22.1 Å². The number of nitrogens with two attached hydrogens (primary N) is 1. The molecular weight excluding hydrogens is 296 g/mol. The van der Waals surface area contributed by atoms with Crippen molar-refractivity contribution in [1.82, 2.24) is 0 Å². The summed E-state index contributed by atoms with van der Waals surface area (Å²) < 4.78 is 22.6. The average Bonchev–Trinajstić information content (AvgIpc) is 2.86. The van der Waals surface area contributed by atoms with Crippen molar-refractivity contribution in [1.29, 1.82) is 0 Å². The van der Waals surface area contributed by atoms with E-state index in [2.05, 4.69) is 0 Å². The first-order valence-electron chi connectivity index (χ1n) is 6.53. The third kappa shape index (κ3) is 3.34. The highest BCUT2D eigenvalue weighted by Gasteiger charge is 2.29. The predicted octanol–water partition coefficient (Wildman–Crippen LogP) is 0.239. The number of benzene rings is 1. The smallest absolute Gasteiger partial charge is 0.337 e. The summed E-state index contributed by atoms with van der Waals surface area (Å²) in [6.07, 6.45) is 0.292. The highest BCUT2D eigenvalue weighted by atomic mass is 32.2. The van der Waals surface area contributed by atoms with Gasteiger partial charge in [-0.2, -0.15) is 0 Å². The quantitative estimate of drug-likeness (QED) is 0.732. The van der Waals surface area contributed by atoms with Crippen molar-refractivity contribution in [3.05, 3.63) is 23.8 Å². The van der Waals surface area contributed by atoms with E-state index in [-0.39, 0.29) is 16.4 Å². The van der Waals surface area contributed by atoms with Gasteiger partial charge in [-0.15, -0.1) is 0 Å². The molecule has 0 bridgehead atoms. The van der Waals surface area contributed by atoms with Gasteiger partial charge in [-0.1, -0.05) is 0 Å². The van der Waals surface area contributed by atoms with Crippen LogP contribution in [0.25, 0.3) is 0 Å². The zero-order valence-corrected chi connectivity index (χ0v) is 12.4. The van der Waals surface area contributed by atoms with Crippen LogP contribution >= 0.6 is 0 Å². The summed E-state index contributed by atoms with van der Waals surface area (Å²) in [5.41, 5.74) is 0.339. The van der Waals surface area contributed by atoms with E-state index in [0.717, 1.165) is 12.5 Å². The molecule has 1 aliphatic rings. The van der Waals surface area contributed by atoms with E-state index in [4.69, 9.17) is 5.14 Å². The summed E-state index contributed by atoms with van der Waals surface area (Å²) in [4.78, 5) is 13.0. The number of sulfonamides is 1. The summed E-state index contributed by atoms with van der Waals surface area (Å²) >= 11 is 0. The molecule has 0 saturated carbocycles. The number of hydrogen-bond acceptors (Lipinski definition) is 5. The minimum atomic E-state index is -3.95. The number of anilines is 1. The highest BCUT2D eigenvalue weighted by molar-refractivity contribution is 7.89. The van der Waals surface area contributed by atoms with Gasteiger partial charge in [0.05, 0.1) is 22.3 Å². The minimum absolute atomic E-state index is 0.0737. The molecule has 7 nitrogen and oxygen atoms in total. The molecule has 0 amide bonds. The van der Waals surface area contributed by atoms with Gasteiger partial charge in [0.15, 0.2) is 0 Å². The molecule has 0 radical (unpaired) electrons. The maximum Gasteiger partial charge on any atom is 0.337 e. The number of carboxylic acids is 1. The van der Waals surface area contributed by atoms with Crippen LogP contribution < -0.4 is 10.0 Å². The van der Waals surface area contributed by atoms with Gasteiger partial charge in [0, 0.05) is 19.0 Å². The second-order valence-corrected chi connectivity index (χ2v) is 6.83. The van der Waals surface area contributed by atoms with Crippen LogP contribution in [0.3, 0.4) is 0 Å². The second-order valence-electron chi connectivity index (χ2n) is 5.26. The van der Waals surface area contributed by atoms with E-state index in [1.165, 1.54) is 12.1 Å². The standard InChI is InChI=1S/C13H18N2O5S/c1-8(16)9-4-5-15(7-9)12-3-2-10(21(14,19)20)6-11(12)13(17)18/h2-3,6,8-9,16H,4-5,7H2,1H3,(H,17,18)(H2,14,19,20). The van der Waals surface area contributed by atoms with Gasteiger partial charge >= 0.3 is 5.97 Å². The Labute approximate surface area is 123 Å². The van der Waals surface area contributed by atoms with Gasteiger partial charge in [-0.25, -0.2) is 18.4 Å². The SMILES string of the molecule is CC(O)C1CCN(c2ccc(S(N)(=O)=O)cc2C(=O)O)C1. The lowest BCUT2D eigenvalue weighted by Gasteiger charge is -2.22.